The first kappa shape index (κ1) is 18.4. The van der Waals surface area contributed by atoms with Crippen LogP contribution in [0.5, 0.6) is 11.5 Å². The van der Waals surface area contributed by atoms with Crippen LogP contribution < -0.4 is 14.8 Å². The van der Waals surface area contributed by atoms with E-state index in [4.69, 9.17) is 9.47 Å². The van der Waals surface area contributed by atoms with Gasteiger partial charge in [-0.15, -0.1) is 11.3 Å². The lowest BCUT2D eigenvalue weighted by Crippen LogP contribution is -2.41. The van der Waals surface area contributed by atoms with Crippen molar-refractivity contribution in [3.8, 4) is 11.5 Å². The van der Waals surface area contributed by atoms with Gasteiger partial charge >= 0.3 is 0 Å². The summed E-state index contributed by atoms with van der Waals surface area (Å²) in [4.78, 5) is 13.4. The topological polar surface area (TPSA) is 67.8 Å². The van der Waals surface area contributed by atoms with Gasteiger partial charge in [-0.2, -0.15) is 11.3 Å². The van der Waals surface area contributed by atoms with Crippen molar-refractivity contribution in [3.05, 3.63) is 68.5 Å². The maximum Gasteiger partial charge on any atom is 0.251 e. The number of carbonyl (C=O) groups is 1. The van der Waals surface area contributed by atoms with Crippen LogP contribution >= 0.6 is 22.7 Å². The number of aliphatic hydroxyl groups is 1. The van der Waals surface area contributed by atoms with E-state index in [0.717, 1.165) is 10.4 Å². The van der Waals surface area contributed by atoms with Gasteiger partial charge in [-0.1, -0.05) is 6.07 Å². The fourth-order valence-electron chi connectivity index (χ4n) is 2.63. The Kier molecular flexibility index (Phi) is 5.61. The Morgan fingerprint density at radius 3 is 2.58 bits per heavy atom. The van der Waals surface area contributed by atoms with Crippen molar-refractivity contribution in [2.24, 2.45) is 0 Å². The van der Waals surface area contributed by atoms with Gasteiger partial charge in [-0.25, -0.2) is 0 Å². The number of thiophene rings is 2. The molecule has 2 N–H and O–H groups in total. The second kappa shape index (κ2) is 7.90. The van der Waals surface area contributed by atoms with E-state index in [9.17, 15) is 9.90 Å². The van der Waals surface area contributed by atoms with Crippen molar-refractivity contribution in [1.29, 1.82) is 0 Å². The number of hydrogen-bond donors (Lipinski definition) is 2. The molecule has 2 heterocycles. The predicted molar refractivity (Wildman–Crippen MR) is 104 cm³/mol. The second-order valence-corrected chi connectivity index (χ2v) is 7.33. The summed E-state index contributed by atoms with van der Waals surface area (Å²) in [6, 6.07) is 10.6. The molecule has 0 radical (unpaired) electrons. The zero-order chi connectivity index (χ0) is 18.6. The van der Waals surface area contributed by atoms with Crippen LogP contribution in [0.4, 0.5) is 0 Å². The standard InChI is InChI=1S/C19H19NO4S2/c1-23-15-6-5-13(10-16(15)24-2)18(21)20-12-19(22,14-7-9-25-11-14)17-4-3-8-26-17/h3-11,22H,12H2,1-2H3,(H,20,21). The van der Waals surface area contributed by atoms with Crippen molar-refractivity contribution in [2.45, 2.75) is 5.60 Å². The highest BCUT2D eigenvalue weighted by molar-refractivity contribution is 7.10. The van der Waals surface area contributed by atoms with E-state index < -0.39 is 5.60 Å². The number of hydrogen-bond acceptors (Lipinski definition) is 6. The Morgan fingerprint density at radius 1 is 1.15 bits per heavy atom. The summed E-state index contributed by atoms with van der Waals surface area (Å²) in [5.41, 5.74) is -0.0699. The number of nitrogens with one attached hydrogen (secondary N) is 1. The van der Waals surface area contributed by atoms with Crippen LogP contribution in [0.1, 0.15) is 20.8 Å². The number of methoxy groups -OCH3 is 2. The first-order chi connectivity index (χ1) is 12.6. The third-order valence-corrected chi connectivity index (χ3v) is 5.78. The largest absolute Gasteiger partial charge is 0.493 e. The third-order valence-electron chi connectivity index (χ3n) is 4.08. The van der Waals surface area contributed by atoms with E-state index in [-0.39, 0.29) is 12.5 Å². The summed E-state index contributed by atoms with van der Waals surface area (Å²) in [6.45, 7) is 0.0669. The Morgan fingerprint density at radius 2 is 1.96 bits per heavy atom. The van der Waals surface area contributed by atoms with E-state index in [1.54, 1.807) is 25.3 Å². The summed E-state index contributed by atoms with van der Waals surface area (Å²) < 4.78 is 10.4. The van der Waals surface area contributed by atoms with Gasteiger partial charge in [0.05, 0.1) is 20.8 Å². The summed E-state index contributed by atoms with van der Waals surface area (Å²) in [5.74, 6) is 0.736. The Balaban J connectivity index is 1.81. The zero-order valence-corrected chi connectivity index (χ0v) is 16.0. The SMILES string of the molecule is COc1ccc(C(=O)NCC(O)(c2ccsc2)c2cccs2)cc1OC. The smallest absolute Gasteiger partial charge is 0.251 e. The average Bonchev–Trinajstić information content (AvgIpc) is 3.39. The summed E-state index contributed by atoms with van der Waals surface area (Å²) in [7, 11) is 3.06. The quantitative estimate of drug-likeness (QED) is 0.649. The monoisotopic (exact) mass is 389 g/mol. The lowest BCUT2D eigenvalue weighted by Gasteiger charge is -2.27. The third kappa shape index (κ3) is 3.60. The molecular weight excluding hydrogens is 370 g/mol. The molecule has 136 valence electrons. The van der Waals surface area contributed by atoms with Gasteiger partial charge in [-0.3, -0.25) is 4.79 Å². The molecule has 0 fully saturated rings. The van der Waals surface area contributed by atoms with Crippen LogP contribution in [0.15, 0.2) is 52.5 Å². The Labute approximate surface area is 159 Å². The van der Waals surface area contributed by atoms with E-state index >= 15 is 0 Å². The number of rotatable bonds is 7. The zero-order valence-electron chi connectivity index (χ0n) is 14.4. The second-order valence-electron chi connectivity index (χ2n) is 5.60. The normalized spacial score (nSPS) is 13.0. The molecule has 3 aromatic rings. The molecule has 7 heteroatoms. The first-order valence-corrected chi connectivity index (χ1v) is 9.70. The molecule has 3 rings (SSSR count). The molecule has 0 bridgehead atoms. The van der Waals surface area contributed by atoms with Crippen LogP contribution in [0.3, 0.4) is 0 Å². The number of ether oxygens (including phenoxy) is 2. The van der Waals surface area contributed by atoms with Crippen molar-refractivity contribution in [2.75, 3.05) is 20.8 Å². The molecule has 2 aromatic heterocycles. The fraction of sp³-hybridized carbons (Fsp3) is 0.211. The van der Waals surface area contributed by atoms with Gasteiger partial charge < -0.3 is 19.9 Å². The number of benzene rings is 1. The molecule has 0 aliphatic rings. The maximum atomic E-state index is 12.6. The van der Waals surface area contributed by atoms with Gasteiger partial charge in [0.2, 0.25) is 0 Å². The first-order valence-electron chi connectivity index (χ1n) is 7.87. The van der Waals surface area contributed by atoms with Gasteiger partial charge in [0, 0.05) is 16.0 Å². The number of amides is 1. The molecule has 1 unspecified atom stereocenters. The molecule has 26 heavy (non-hydrogen) atoms. The van der Waals surface area contributed by atoms with E-state index in [0.29, 0.717) is 17.1 Å². The van der Waals surface area contributed by atoms with E-state index in [1.807, 2.05) is 34.3 Å². The molecule has 5 nitrogen and oxygen atoms in total. The van der Waals surface area contributed by atoms with Gasteiger partial charge in [-0.05, 0) is 46.5 Å². The molecule has 0 aliphatic heterocycles. The van der Waals surface area contributed by atoms with Gasteiger partial charge in [0.25, 0.3) is 5.91 Å². The highest BCUT2D eigenvalue weighted by Gasteiger charge is 2.33. The van der Waals surface area contributed by atoms with Crippen molar-refractivity contribution in [1.82, 2.24) is 5.32 Å². The van der Waals surface area contributed by atoms with E-state index in [2.05, 4.69) is 5.32 Å². The maximum absolute atomic E-state index is 12.6. The molecule has 1 amide bonds. The summed E-state index contributed by atoms with van der Waals surface area (Å²) >= 11 is 2.96. The molecule has 1 aromatic carbocycles. The Bertz CT molecular complexity index is 826. The molecular formula is C19H19NO4S2. The molecule has 1 atom stereocenters. The average molecular weight is 389 g/mol. The van der Waals surface area contributed by atoms with Crippen LogP contribution in [0.2, 0.25) is 0 Å². The highest BCUT2D eigenvalue weighted by atomic mass is 32.1. The van der Waals surface area contributed by atoms with Crippen LogP contribution in [0, 0.1) is 0 Å². The molecule has 0 saturated heterocycles. The van der Waals surface area contributed by atoms with Crippen molar-refractivity contribution in [3.63, 3.8) is 0 Å². The lowest BCUT2D eigenvalue weighted by atomic mass is 9.94. The molecule has 0 aliphatic carbocycles. The molecule has 0 spiro atoms. The van der Waals surface area contributed by atoms with E-state index in [1.165, 1.54) is 29.8 Å². The van der Waals surface area contributed by atoms with Crippen LogP contribution in [-0.2, 0) is 5.60 Å². The summed E-state index contributed by atoms with van der Waals surface area (Å²) in [6.07, 6.45) is 0. The number of carbonyl (C=O) groups excluding carboxylic acids is 1. The van der Waals surface area contributed by atoms with Crippen molar-refractivity contribution < 1.29 is 19.4 Å². The minimum Gasteiger partial charge on any atom is -0.493 e. The predicted octanol–water partition coefficient (Wildman–Crippen LogP) is 3.49. The van der Waals surface area contributed by atoms with Crippen molar-refractivity contribution >= 4 is 28.6 Å². The lowest BCUT2D eigenvalue weighted by molar-refractivity contribution is 0.0720. The minimum absolute atomic E-state index is 0.0669. The summed E-state index contributed by atoms with van der Waals surface area (Å²) in [5, 5.41) is 19.8. The van der Waals surface area contributed by atoms with Gasteiger partial charge in [0.15, 0.2) is 11.5 Å². The molecule has 0 saturated carbocycles. The Hall–Kier alpha value is -2.35. The van der Waals surface area contributed by atoms with Crippen LogP contribution in [0.25, 0.3) is 0 Å². The van der Waals surface area contributed by atoms with Crippen LogP contribution in [-0.4, -0.2) is 31.8 Å². The van der Waals surface area contributed by atoms with Gasteiger partial charge in [0.1, 0.15) is 5.60 Å². The minimum atomic E-state index is -1.26. The highest BCUT2D eigenvalue weighted by Crippen LogP contribution is 2.34. The fourth-order valence-corrected chi connectivity index (χ4v) is 4.20.